The van der Waals surface area contributed by atoms with Crippen LogP contribution in [0.3, 0.4) is 0 Å². The average Bonchev–Trinajstić information content (AvgIpc) is 3.54. The van der Waals surface area contributed by atoms with Gasteiger partial charge in [0.25, 0.3) is 11.8 Å². The minimum absolute atomic E-state index is 0.0745. The molecule has 1 spiro atoms. The van der Waals surface area contributed by atoms with E-state index >= 15 is 0 Å². The summed E-state index contributed by atoms with van der Waals surface area (Å²) < 4.78 is 6.41. The lowest BCUT2D eigenvalue weighted by atomic mass is 9.89. The maximum absolute atomic E-state index is 13.5. The molecule has 2 amide bonds. The van der Waals surface area contributed by atoms with Crippen molar-refractivity contribution in [3.05, 3.63) is 71.3 Å². The Hall–Kier alpha value is -2.66. The number of carbonyl (C=O) groups is 2. The highest BCUT2D eigenvalue weighted by molar-refractivity contribution is 5.95. The molecule has 3 heterocycles. The van der Waals surface area contributed by atoms with Gasteiger partial charge in [-0.15, -0.1) is 0 Å². The van der Waals surface area contributed by atoms with E-state index in [9.17, 15) is 9.59 Å². The molecule has 2 aromatic rings. The molecule has 2 aromatic carbocycles. The normalized spacial score (nSPS) is 27.0. The highest BCUT2D eigenvalue weighted by atomic mass is 16.6. The van der Waals surface area contributed by atoms with Crippen molar-refractivity contribution in [2.75, 3.05) is 13.1 Å². The Kier molecular flexibility index (Phi) is 4.42. The van der Waals surface area contributed by atoms with Crippen LogP contribution in [-0.4, -0.2) is 46.5 Å². The highest BCUT2D eigenvalue weighted by Crippen LogP contribution is 2.47. The zero-order valence-electron chi connectivity index (χ0n) is 17.7. The maximum Gasteiger partial charge on any atom is 0.257 e. The molecular weight excluding hydrogens is 388 g/mol. The second-order valence-corrected chi connectivity index (χ2v) is 9.47. The predicted octanol–water partition coefficient (Wildman–Crippen LogP) is 4.26. The van der Waals surface area contributed by atoms with Gasteiger partial charge in [0.1, 0.15) is 6.23 Å². The van der Waals surface area contributed by atoms with Crippen LogP contribution in [0.2, 0.25) is 0 Å². The molecule has 5 nitrogen and oxygen atoms in total. The van der Waals surface area contributed by atoms with E-state index in [4.69, 9.17) is 4.74 Å². The molecule has 3 aliphatic heterocycles. The Morgan fingerprint density at radius 1 is 0.903 bits per heavy atom. The second kappa shape index (κ2) is 7.20. The molecule has 5 heteroatoms. The van der Waals surface area contributed by atoms with E-state index in [2.05, 4.69) is 24.3 Å². The number of ether oxygens (including phenoxy) is 1. The molecule has 4 fully saturated rings. The van der Waals surface area contributed by atoms with Gasteiger partial charge in [0.05, 0.1) is 6.04 Å². The summed E-state index contributed by atoms with van der Waals surface area (Å²) in [6.45, 7) is 1.13. The van der Waals surface area contributed by atoms with Crippen molar-refractivity contribution in [1.82, 2.24) is 9.80 Å². The molecule has 0 bridgehead atoms. The van der Waals surface area contributed by atoms with Gasteiger partial charge in [0, 0.05) is 31.5 Å². The number of carbonyl (C=O) groups excluding carboxylic acids is 2. The fourth-order valence-corrected chi connectivity index (χ4v) is 5.64. The molecule has 6 rings (SSSR count). The third-order valence-electron chi connectivity index (χ3n) is 7.54. The summed E-state index contributed by atoms with van der Waals surface area (Å²) in [6, 6.07) is 18.5. The van der Waals surface area contributed by atoms with Gasteiger partial charge in [-0.3, -0.25) is 9.59 Å². The van der Waals surface area contributed by atoms with E-state index in [0.29, 0.717) is 31.8 Å². The molecule has 160 valence electrons. The molecule has 0 radical (unpaired) electrons. The lowest BCUT2D eigenvalue weighted by molar-refractivity contribution is -0.142. The van der Waals surface area contributed by atoms with Gasteiger partial charge in [0.15, 0.2) is 5.60 Å². The molecule has 31 heavy (non-hydrogen) atoms. The quantitative estimate of drug-likeness (QED) is 0.751. The van der Waals surface area contributed by atoms with Crippen LogP contribution in [0.5, 0.6) is 0 Å². The van der Waals surface area contributed by atoms with E-state index in [0.717, 1.165) is 18.4 Å². The van der Waals surface area contributed by atoms with Crippen LogP contribution in [0.4, 0.5) is 0 Å². The largest absolute Gasteiger partial charge is 0.342 e. The minimum atomic E-state index is -0.759. The molecule has 0 aromatic heterocycles. The van der Waals surface area contributed by atoms with Crippen molar-refractivity contribution < 1.29 is 14.3 Å². The number of piperidine rings is 1. The predicted molar refractivity (Wildman–Crippen MR) is 116 cm³/mol. The number of hydrogen-bond donors (Lipinski definition) is 0. The van der Waals surface area contributed by atoms with Crippen LogP contribution in [0.15, 0.2) is 54.6 Å². The van der Waals surface area contributed by atoms with E-state index < -0.39 is 5.60 Å². The Morgan fingerprint density at radius 2 is 1.65 bits per heavy atom. The van der Waals surface area contributed by atoms with E-state index in [-0.39, 0.29) is 24.1 Å². The molecule has 0 unspecified atom stereocenters. The third-order valence-corrected chi connectivity index (χ3v) is 7.54. The number of hydrogen-bond acceptors (Lipinski definition) is 3. The molecule has 3 saturated heterocycles. The molecule has 2 atom stereocenters. The summed E-state index contributed by atoms with van der Waals surface area (Å²) in [7, 11) is 0. The Labute approximate surface area is 183 Å². The van der Waals surface area contributed by atoms with Crippen molar-refractivity contribution in [3.63, 3.8) is 0 Å². The first-order valence-corrected chi connectivity index (χ1v) is 11.6. The van der Waals surface area contributed by atoms with Crippen LogP contribution in [0.25, 0.3) is 0 Å². The van der Waals surface area contributed by atoms with Gasteiger partial charge in [-0.2, -0.15) is 0 Å². The number of fused-ring (bicyclic) bond motifs is 1. The molecule has 1 saturated carbocycles. The van der Waals surface area contributed by atoms with Crippen LogP contribution < -0.4 is 0 Å². The summed E-state index contributed by atoms with van der Waals surface area (Å²) in [5, 5.41) is 0. The lowest BCUT2D eigenvalue weighted by Crippen LogP contribution is -2.51. The summed E-state index contributed by atoms with van der Waals surface area (Å²) >= 11 is 0. The van der Waals surface area contributed by atoms with Crippen LogP contribution in [0, 0.1) is 0 Å². The van der Waals surface area contributed by atoms with Crippen molar-refractivity contribution in [1.29, 1.82) is 0 Å². The van der Waals surface area contributed by atoms with Crippen LogP contribution >= 0.6 is 0 Å². The average molecular weight is 417 g/mol. The Bertz CT molecular complexity index is 1010. The standard InChI is InChI=1S/C26H28N2O3/c29-24(21-8-4-7-20(17-21)18-9-10-18)27-15-13-26(14-16-27)25(30)28-22(11-12-23(28)31-26)19-5-2-1-3-6-19/h1-8,17-18,22-23H,9-16H2/t22-,23+/m0/s1. The number of rotatable bonds is 3. The number of nitrogens with zero attached hydrogens (tertiary/aromatic N) is 2. The van der Waals surface area contributed by atoms with Crippen molar-refractivity contribution in [2.24, 2.45) is 0 Å². The Balaban J connectivity index is 1.16. The van der Waals surface area contributed by atoms with Gasteiger partial charge in [-0.25, -0.2) is 0 Å². The van der Waals surface area contributed by atoms with Gasteiger partial charge in [0.2, 0.25) is 0 Å². The highest BCUT2D eigenvalue weighted by Gasteiger charge is 2.58. The third kappa shape index (κ3) is 3.18. The zero-order chi connectivity index (χ0) is 21.0. The lowest BCUT2D eigenvalue weighted by Gasteiger charge is -2.37. The van der Waals surface area contributed by atoms with Crippen molar-refractivity contribution in [3.8, 4) is 0 Å². The summed E-state index contributed by atoms with van der Waals surface area (Å²) in [5.41, 5.74) is 2.47. The first-order valence-electron chi connectivity index (χ1n) is 11.6. The first-order chi connectivity index (χ1) is 15.1. The van der Waals surface area contributed by atoms with Crippen molar-refractivity contribution in [2.45, 2.75) is 62.3 Å². The van der Waals surface area contributed by atoms with E-state index in [1.165, 1.54) is 24.0 Å². The smallest absolute Gasteiger partial charge is 0.257 e. The monoisotopic (exact) mass is 416 g/mol. The summed E-state index contributed by atoms with van der Waals surface area (Å²) in [6.07, 6.45) is 5.30. The fraction of sp³-hybridized carbons (Fsp3) is 0.462. The topological polar surface area (TPSA) is 49.9 Å². The van der Waals surface area contributed by atoms with Crippen LogP contribution in [0.1, 0.15) is 72.0 Å². The zero-order valence-corrected chi connectivity index (χ0v) is 17.7. The number of amides is 2. The molecule has 0 N–H and O–H groups in total. The molecule has 1 aliphatic carbocycles. The van der Waals surface area contributed by atoms with Crippen LogP contribution in [-0.2, 0) is 9.53 Å². The Morgan fingerprint density at radius 3 is 2.39 bits per heavy atom. The molecular formula is C26H28N2O3. The van der Waals surface area contributed by atoms with Gasteiger partial charge >= 0.3 is 0 Å². The van der Waals surface area contributed by atoms with Gasteiger partial charge in [-0.05, 0) is 54.9 Å². The number of likely N-dealkylation sites (tertiary alicyclic amines) is 1. The molecule has 4 aliphatic rings. The minimum Gasteiger partial charge on any atom is -0.342 e. The SMILES string of the molecule is O=C(c1cccc(C2CC2)c1)N1CCC2(CC1)O[C@@H]1CC[C@@H](c3ccccc3)N1C2=O. The van der Waals surface area contributed by atoms with Gasteiger partial charge < -0.3 is 14.5 Å². The fourth-order valence-electron chi connectivity index (χ4n) is 5.64. The van der Waals surface area contributed by atoms with Gasteiger partial charge in [-0.1, -0.05) is 42.5 Å². The van der Waals surface area contributed by atoms with E-state index in [1.807, 2.05) is 40.1 Å². The summed E-state index contributed by atoms with van der Waals surface area (Å²) in [4.78, 5) is 30.5. The van der Waals surface area contributed by atoms with Crippen molar-refractivity contribution >= 4 is 11.8 Å². The maximum atomic E-state index is 13.5. The second-order valence-electron chi connectivity index (χ2n) is 9.47. The van der Waals surface area contributed by atoms with E-state index in [1.54, 1.807) is 0 Å². The first kappa shape index (κ1) is 19.1. The summed E-state index contributed by atoms with van der Waals surface area (Å²) in [5.74, 6) is 0.824. The number of benzene rings is 2.